The number of aliphatic carboxylic acids is 1. The molecule has 0 aromatic carbocycles. The lowest BCUT2D eigenvalue weighted by molar-refractivity contribution is -0.132. The highest BCUT2D eigenvalue weighted by molar-refractivity contribution is 7.46. The number of phosphoric acid groups is 1. The van der Waals surface area contributed by atoms with E-state index in [1.807, 2.05) is 0 Å². The van der Waals surface area contributed by atoms with Crippen molar-refractivity contribution in [1.29, 1.82) is 0 Å². The molecule has 0 radical (unpaired) electrons. The molecule has 7 heteroatoms. The van der Waals surface area contributed by atoms with Gasteiger partial charge in [0.15, 0.2) is 0 Å². The predicted molar refractivity (Wildman–Crippen MR) is 45.8 cm³/mol. The summed E-state index contributed by atoms with van der Waals surface area (Å²) in [7, 11) is -4.28. The molecule has 0 aromatic heterocycles. The maximum absolute atomic E-state index is 9.63. The van der Waals surface area contributed by atoms with Crippen molar-refractivity contribution < 1.29 is 28.8 Å². The van der Waals surface area contributed by atoms with Gasteiger partial charge in [-0.25, -0.2) is 9.36 Å². The van der Waals surface area contributed by atoms with Crippen LogP contribution in [0.2, 0.25) is 0 Å². The van der Waals surface area contributed by atoms with Crippen molar-refractivity contribution in [3.8, 4) is 0 Å². The lowest BCUT2D eigenvalue weighted by Crippen LogP contribution is -1.92. The summed E-state index contributed by atoms with van der Waals surface area (Å²) in [6.07, 6.45) is 0.695. The minimum atomic E-state index is -4.28. The van der Waals surface area contributed by atoms with Gasteiger partial charge in [-0.15, -0.1) is 0 Å². The molecule has 0 fully saturated rings. The number of phosphoric ester groups is 1. The summed E-state index contributed by atoms with van der Waals surface area (Å²) in [4.78, 5) is 25.3. The van der Waals surface area contributed by atoms with E-state index in [1.54, 1.807) is 0 Å². The highest BCUT2D eigenvalue weighted by Crippen LogP contribution is 2.35. The van der Waals surface area contributed by atoms with Gasteiger partial charge in [0.05, 0.1) is 6.26 Å². The molecule has 0 rings (SSSR count). The number of carboxylic acid groups (broad SMARTS) is 1. The first-order valence-corrected chi connectivity index (χ1v) is 4.47. The van der Waals surface area contributed by atoms with Gasteiger partial charge < -0.3 is 9.63 Å². The fourth-order valence-electron chi connectivity index (χ4n) is 0.0971. The van der Waals surface area contributed by atoms with Crippen LogP contribution in [0, 0.1) is 0 Å². The Labute approximate surface area is 75.4 Å². The summed E-state index contributed by atoms with van der Waals surface area (Å²) in [5.74, 6) is -0.935. The summed E-state index contributed by atoms with van der Waals surface area (Å²) in [5.41, 5.74) is 0.176. The van der Waals surface area contributed by atoms with Gasteiger partial charge in [-0.05, 0) is 6.92 Å². The molecule has 0 aliphatic heterocycles. The highest BCUT2D eigenvalue weighted by Gasteiger charge is 2.10. The fourth-order valence-corrected chi connectivity index (χ4v) is 0.291. The van der Waals surface area contributed by atoms with E-state index in [-0.39, 0.29) is 5.57 Å². The van der Waals surface area contributed by atoms with Crippen LogP contribution in [0.15, 0.2) is 25.0 Å². The monoisotopic (exact) mass is 210 g/mol. The van der Waals surface area contributed by atoms with Crippen LogP contribution in [-0.4, -0.2) is 20.9 Å². The van der Waals surface area contributed by atoms with Crippen LogP contribution in [0.25, 0.3) is 0 Å². The number of carbonyl (C=O) groups is 1. The molecule has 0 saturated heterocycles. The van der Waals surface area contributed by atoms with Crippen LogP contribution in [-0.2, 0) is 13.9 Å². The van der Waals surface area contributed by atoms with E-state index in [0.717, 1.165) is 0 Å². The Balaban J connectivity index is 0. The number of hydrogen-bond donors (Lipinski definition) is 3. The highest BCUT2D eigenvalue weighted by atomic mass is 31.2. The lowest BCUT2D eigenvalue weighted by Gasteiger charge is -1.96. The minimum absolute atomic E-state index is 0.176. The molecule has 0 aromatic rings. The summed E-state index contributed by atoms with van der Waals surface area (Å²) < 4.78 is 13.3. The maximum atomic E-state index is 9.63. The molecule has 6 nitrogen and oxygen atoms in total. The van der Waals surface area contributed by atoms with Crippen LogP contribution in [0.5, 0.6) is 0 Å². The standard InChI is InChI=1S/C4H6O2.C2H5O4P/c1-3(2)4(5)6;1-2-6-7(3,4)5/h1H2,2H3,(H,5,6);2H,1H2,(H2,3,4,5). The first kappa shape index (κ1) is 14.4. The van der Waals surface area contributed by atoms with Gasteiger partial charge >= 0.3 is 13.8 Å². The molecule has 0 saturated carbocycles. The molecule has 0 atom stereocenters. The van der Waals surface area contributed by atoms with Gasteiger partial charge in [0.2, 0.25) is 0 Å². The second-order valence-corrected chi connectivity index (χ2v) is 3.04. The minimum Gasteiger partial charge on any atom is -0.478 e. The topological polar surface area (TPSA) is 104 Å². The average molecular weight is 210 g/mol. The molecule has 76 valence electrons. The van der Waals surface area contributed by atoms with Gasteiger partial charge in [0.1, 0.15) is 0 Å². The van der Waals surface area contributed by atoms with Crippen molar-refractivity contribution >= 4 is 13.8 Å². The Morgan fingerprint density at radius 3 is 1.85 bits per heavy atom. The largest absolute Gasteiger partial charge is 0.524 e. The molecule has 13 heavy (non-hydrogen) atoms. The van der Waals surface area contributed by atoms with Gasteiger partial charge in [0.25, 0.3) is 0 Å². The first-order chi connectivity index (χ1) is 5.70. The molecule has 0 spiro atoms. The number of carboxylic acids is 1. The van der Waals surface area contributed by atoms with E-state index in [0.29, 0.717) is 6.26 Å². The normalized spacial score (nSPS) is 9.15. The quantitative estimate of drug-likeness (QED) is 0.363. The maximum Gasteiger partial charge on any atom is 0.524 e. The predicted octanol–water partition coefficient (Wildman–Crippen LogP) is 0.886. The smallest absolute Gasteiger partial charge is 0.478 e. The first-order valence-electron chi connectivity index (χ1n) is 2.94. The summed E-state index contributed by atoms with van der Waals surface area (Å²) >= 11 is 0. The van der Waals surface area contributed by atoms with Crippen LogP contribution in [0.1, 0.15) is 6.92 Å². The third-order valence-electron chi connectivity index (χ3n) is 0.577. The van der Waals surface area contributed by atoms with E-state index >= 15 is 0 Å². The van der Waals surface area contributed by atoms with Crippen LogP contribution in [0.4, 0.5) is 0 Å². The second-order valence-electron chi connectivity index (χ2n) is 1.85. The average Bonchev–Trinajstić information content (AvgIpc) is 1.85. The SMILES string of the molecule is C=C(C)C(=O)O.C=COP(=O)(O)O. The van der Waals surface area contributed by atoms with E-state index in [1.165, 1.54) is 6.92 Å². The summed E-state index contributed by atoms with van der Waals surface area (Å²) in [5, 5.41) is 7.89. The van der Waals surface area contributed by atoms with Crippen LogP contribution in [0.3, 0.4) is 0 Å². The number of rotatable bonds is 3. The molecule has 0 aliphatic carbocycles. The molecule has 0 amide bonds. The van der Waals surface area contributed by atoms with E-state index < -0.39 is 13.8 Å². The molecule has 0 aliphatic rings. The third kappa shape index (κ3) is 18.1. The zero-order chi connectivity index (χ0) is 11.1. The Kier molecular flexibility index (Phi) is 7.12. The lowest BCUT2D eigenvalue weighted by atomic mass is 10.4. The molecule has 0 unspecified atom stereocenters. The van der Waals surface area contributed by atoms with E-state index in [4.69, 9.17) is 14.9 Å². The third-order valence-corrected chi connectivity index (χ3v) is 1.00. The van der Waals surface area contributed by atoms with Gasteiger partial charge in [-0.2, -0.15) is 0 Å². The van der Waals surface area contributed by atoms with Gasteiger partial charge in [-0.3, -0.25) is 9.79 Å². The van der Waals surface area contributed by atoms with Crippen LogP contribution < -0.4 is 0 Å². The van der Waals surface area contributed by atoms with Crippen molar-refractivity contribution in [2.75, 3.05) is 0 Å². The Hall–Kier alpha value is -1.10. The van der Waals surface area contributed by atoms with Crippen molar-refractivity contribution in [3.63, 3.8) is 0 Å². The van der Waals surface area contributed by atoms with Crippen molar-refractivity contribution in [1.82, 2.24) is 0 Å². The number of hydrogen-bond acceptors (Lipinski definition) is 3. The Bertz CT molecular complexity index is 228. The molecule has 0 heterocycles. The fraction of sp³-hybridized carbons (Fsp3) is 0.167. The molecular formula is C6H11O6P. The molecular weight excluding hydrogens is 199 g/mol. The van der Waals surface area contributed by atoms with Crippen LogP contribution >= 0.6 is 7.82 Å². The van der Waals surface area contributed by atoms with Crippen molar-refractivity contribution in [2.45, 2.75) is 6.92 Å². The Morgan fingerprint density at radius 1 is 1.54 bits per heavy atom. The summed E-state index contributed by atoms with van der Waals surface area (Å²) in [6.45, 7) is 7.53. The molecule has 3 N–H and O–H groups in total. The van der Waals surface area contributed by atoms with Crippen molar-refractivity contribution in [2.24, 2.45) is 0 Å². The zero-order valence-electron chi connectivity index (χ0n) is 7.01. The van der Waals surface area contributed by atoms with Crippen molar-refractivity contribution in [3.05, 3.63) is 25.0 Å². The zero-order valence-corrected chi connectivity index (χ0v) is 7.90. The molecule has 0 bridgehead atoms. The van der Waals surface area contributed by atoms with Gasteiger partial charge in [0, 0.05) is 5.57 Å². The summed E-state index contributed by atoms with van der Waals surface area (Å²) in [6, 6.07) is 0. The Morgan fingerprint density at radius 2 is 1.85 bits per heavy atom. The van der Waals surface area contributed by atoms with E-state index in [2.05, 4.69) is 17.7 Å². The van der Waals surface area contributed by atoms with Gasteiger partial charge in [-0.1, -0.05) is 13.2 Å². The van der Waals surface area contributed by atoms with E-state index in [9.17, 15) is 9.36 Å². The second kappa shape index (κ2) is 6.42.